The van der Waals surface area contributed by atoms with Crippen molar-refractivity contribution in [2.75, 3.05) is 46.2 Å². The molecular weight excluding hydrogens is 1360 g/mol. The largest absolute Gasteiger partial charge is 0.394 e. The molecule has 35 atom stereocenters. The number of carbonyl (C=O) groups excluding carboxylic acids is 7. The summed E-state index contributed by atoms with van der Waals surface area (Å²) in [7, 11) is 0. The highest BCUT2D eigenvalue weighted by molar-refractivity contribution is 5.75. The highest BCUT2D eigenvalue weighted by atomic mass is 16.9. The summed E-state index contributed by atoms with van der Waals surface area (Å²) in [5.74, 6) is -10.0. The molecular formula is C56H93N7O37. The van der Waals surface area contributed by atoms with Crippen molar-refractivity contribution in [1.29, 1.82) is 0 Å². The summed E-state index contributed by atoms with van der Waals surface area (Å²) in [4.78, 5) is 89.7. The summed E-state index contributed by atoms with van der Waals surface area (Å²) in [6.45, 7) is -1.36. The Morgan fingerprint density at radius 2 is 0.530 bits per heavy atom. The summed E-state index contributed by atoms with van der Waals surface area (Å²) < 4.78 is 78.9. The topological polar surface area (TPSA) is 668 Å². The van der Waals surface area contributed by atoms with Crippen LogP contribution in [0.4, 0.5) is 0 Å². The molecule has 7 saturated heterocycles. The van der Waals surface area contributed by atoms with Crippen molar-refractivity contribution in [2.45, 2.75) is 263 Å². The Hall–Kier alpha value is -4.91. The van der Waals surface area contributed by atoms with E-state index in [-0.39, 0.29) is 0 Å². The quantitative estimate of drug-likeness (QED) is 0.0358. The van der Waals surface area contributed by atoms with Crippen molar-refractivity contribution in [3.63, 3.8) is 0 Å². The van der Waals surface area contributed by atoms with Gasteiger partial charge in [-0.25, -0.2) is 0 Å². The van der Waals surface area contributed by atoms with E-state index in [1.54, 1.807) is 0 Å². The highest BCUT2D eigenvalue weighted by Gasteiger charge is 2.66. The SMILES string of the molecule is CC(=O)N[C@@H]1[C@@H](O)[C@H](O[C@@H]2O[C@H](CO)[C@@H](OC3(O[C@H]4[C@H](O)[C@@H](NC(C)=O)[C@H](O[C@H]5[C@H](O)[C@@H](NC(C)=O)[C@@H](O)O[C@@H]5CO)O[C@@H]4CO)O[C@H](CO)[C@@H](O[C@@H]4O[C@H](CO)[C@@H](O[C@@H]5O[C@H](CO)[C@@H](O)[C@H](O)[C@H]5NC(C)=O)[C@H](O)[C@H]4NC(C)=O)[C@H](O)[C@H]3NC(C)=O)[C@H](O)[C@H]2NC(C)=O)[C@@H](CO)O[C@H]1O. The van der Waals surface area contributed by atoms with Crippen molar-refractivity contribution in [3.8, 4) is 0 Å². The fraction of sp³-hybridized carbons (Fsp3) is 0.875. The van der Waals surface area contributed by atoms with E-state index in [2.05, 4.69) is 37.2 Å². The van der Waals surface area contributed by atoms with Gasteiger partial charge in [0.25, 0.3) is 0 Å². The second-order valence-electron chi connectivity index (χ2n) is 24.9. The molecule has 0 aromatic carbocycles. The van der Waals surface area contributed by atoms with Gasteiger partial charge in [-0.3, -0.25) is 33.6 Å². The molecule has 0 saturated carbocycles. The van der Waals surface area contributed by atoms with E-state index >= 15 is 0 Å². The summed E-state index contributed by atoms with van der Waals surface area (Å²) in [6, 6.07) is -13.5. The molecule has 7 heterocycles. The molecule has 0 aromatic rings. The molecule has 100 heavy (non-hydrogen) atoms. The van der Waals surface area contributed by atoms with Crippen molar-refractivity contribution in [2.24, 2.45) is 0 Å². The van der Waals surface area contributed by atoms with Gasteiger partial charge in [-0.2, -0.15) is 0 Å². The maximum atomic E-state index is 13.7. The lowest BCUT2D eigenvalue weighted by Crippen LogP contribution is -2.78. The summed E-state index contributed by atoms with van der Waals surface area (Å²) in [6.07, 6.45) is -55.3. The number of hydrogen-bond donors (Lipinski definition) is 24. The number of hydrogen-bond acceptors (Lipinski definition) is 37. The van der Waals surface area contributed by atoms with Gasteiger partial charge in [-0.05, 0) is 0 Å². The van der Waals surface area contributed by atoms with Crippen LogP contribution in [0.5, 0.6) is 0 Å². The normalized spacial score (nSPS) is 44.6. The van der Waals surface area contributed by atoms with Crippen molar-refractivity contribution < 1.29 is 182 Å². The van der Waals surface area contributed by atoms with Gasteiger partial charge in [-0.15, -0.1) is 0 Å². The molecule has 7 fully saturated rings. The zero-order valence-corrected chi connectivity index (χ0v) is 54.8. The fourth-order valence-electron chi connectivity index (χ4n) is 12.9. The number of nitrogens with one attached hydrogen (secondary N) is 7. The lowest BCUT2D eigenvalue weighted by Gasteiger charge is -2.56. The van der Waals surface area contributed by atoms with E-state index in [0.717, 1.165) is 48.5 Å². The monoisotopic (exact) mass is 1460 g/mol. The predicted octanol–water partition coefficient (Wildman–Crippen LogP) is -15.9. The van der Waals surface area contributed by atoms with Gasteiger partial charge in [-0.1, -0.05) is 0 Å². The summed E-state index contributed by atoms with van der Waals surface area (Å²) in [5.41, 5.74) is 0. The maximum Gasteiger partial charge on any atom is 0.308 e. The molecule has 24 N–H and O–H groups in total. The first-order chi connectivity index (χ1) is 47.1. The maximum absolute atomic E-state index is 13.7. The second-order valence-corrected chi connectivity index (χ2v) is 24.9. The minimum Gasteiger partial charge on any atom is -0.394 e. The highest BCUT2D eigenvalue weighted by Crippen LogP contribution is 2.43. The Kier molecular flexibility index (Phi) is 29.4. The van der Waals surface area contributed by atoms with Crippen LogP contribution in [-0.4, -0.2) is 389 Å². The first-order valence-corrected chi connectivity index (χ1v) is 31.7. The number of carbonyl (C=O) groups is 7. The van der Waals surface area contributed by atoms with Crippen molar-refractivity contribution >= 4 is 41.4 Å². The number of aliphatic hydroxyl groups is 17. The zero-order valence-electron chi connectivity index (χ0n) is 54.8. The first kappa shape index (κ1) is 82.4. The average molecular weight is 1460 g/mol. The van der Waals surface area contributed by atoms with E-state index < -0.39 is 302 Å². The molecule has 574 valence electrons. The van der Waals surface area contributed by atoms with Crippen molar-refractivity contribution in [1.82, 2.24) is 37.2 Å². The smallest absolute Gasteiger partial charge is 0.308 e. The van der Waals surface area contributed by atoms with Gasteiger partial charge >= 0.3 is 5.97 Å². The van der Waals surface area contributed by atoms with Gasteiger partial charge in [0.1, 0.15) is 170 Å². The predicted molar refractivity (Wildman–Crippen MR) is 314 cm³/mol. The molecule has 7 amide bonds. The van der Waals surface area contributed by atoms with Crippen LogP contribution in [0.25, 0.3) is 0 Å². The Labute approximate surface area is 568 Å². The summed E-state index contributed by atoms with van der Waals surface area (Å²) in [5, 5.41) is 208. The Balaban J connectivity index is 1.33. The number of aliphatic hydroxyl groups excluding tert-OH is 17. The standard InChI is InChI=1S/C56H93N7O37/c1-15(71)57-29-37(80)43(23(9-65)88-50(29)86)94-54-33(61-19(5)75)40(83)47(26(12-68)92-54)99-56(100-48-27(13-69)93-55(34(41(48)84)62-20(6)76)95-44-24(10-66)89-51(87)30(38(44)81)58-16(2)72)49(63-21(7)77)42(85)46(28(14-70)98-56)97-53-32(60-18(4)74)39(82)45(25(11-67)91-53)96-52-31(59-17(3)73)36(79)35(78)22(8-64)90-52/h22-55,64-70,78-87H,8-14H2,1-7H3,(H,57,71)(H,58,72)(H,59,73)(H,60,74)(H,61,75)(H,62,76)(H,63,77)/t22-,23-,24-,25-,26-,27-,28-,29-,30-,31-,32-,33-,34-,35-,36-,37-,38-,39-,40-,41-,42+,43-,44-,45-,46-,47-,48-,49-,50-,51+,52+,53+,54+,55+,56?/m1/s1. The third-order valence-corrected chi connectivity index (χ3v) is 17.4. The van der Waals surface area contributed by atoms with Crippen LogP contribution in [0, 0.1) is 0 Å². The minimum absolute atomic E-state index is 0.792. The molecule has 7 aliphatic heterocycles. The van der Waals surface area contributed by atoms with E-state index in [0.29, 0.717) is 0 Å². The molecule has 44 nitrogen and oxygen atoms in total. The van der Waals surface area contributed by atoms with Crippen LogP contribution >= 0.6 is 0 Å². The number of ether oxygens (including phenoxy) is 13. The van der Waals surface area contributed by atoms with Crippen LogP contribution in [0.15, 0.2) is 0 Å². The van der Waals surface area contributed by atoms with E-state index in [1.165, 1.54) is 0 Å². The average Bonchev–Trinajstić information content (AvgIpc) is 0.732. The molecule has 0 bridgehead atoms. The molecule has 7 aliphatic rings. The Morgan fingerprint density at radius 1 is 0.290 bits per heavy atom. The summed E-state index contributed by atoms with van der Waals surface area (Å²) >= 11 is 0. The fourth-order valence-corrected chi connectivity index (χ4v) is 12.9. The van der Waals surface area contributed by atoms with Crippen molar-refractivity contribution in [3.05, 3.63) is 0 Å². The molecule has 0 aliphatic carbocycles. The van der Waals surface area contributed by atoms with E-state index in [4.69, 9.17) is 61.6 Å². The van der Waals surface area contributed by atoms with E-state index in [1.807, 2.05) is 0 Å². The number of rotatable bonds is 26. The molecule has 7 rings (SSSR count). The molecule has 0 spiro atoms. The molecule has 1 unspecified atom stereocenters. The van der Waals surface area contributed by atoms with Gasteiger partial charge < -0.3 is 186 Å². The number of amides is 7. The molecule has 44 heteroatoms. The van der Waals surface area contributed by atoms with Crippen LogP contribution in [0.1, 0.15) is 48.5 Å². The van der Waals surface area contributed by atoms with Crippen LogP contribution in [0.3, 0.4) is 0 Å². The Morgan fingerprint density at radius 3 is 0.830 bits per heavy atom. The van der Waals surface area contributed by atoms with Gasteiger partial charge in [0.15, 0.2) is 37.7 Å². The van der Waals surface area contributed by atoms with Crippen LogP contribution < -0.4 is 37.2 Å². The molecule has 0 radical (unpaired) electrons. The first-order valence-electron chi connectivity index (χ1n) is 31.7. The third-order valence-electron chi connectivity index (χ3n) is 17.4. The lowest BCUT2D eigenvalue weighted by atomic mass is 9.91. The Bertz CT molecular complexity index is 2640. The van der Waals surface area contributed by atoms with Gasteiger partial charge in [0.05, 0.1) is 46.2 Å². The van der Waals surface area contributed by atoms with Gasteiger partial charge in [0.2, 0.25) is 41.4 Å². The van der Waals surface area contributed by atoms with E-state index in [9.17, 15) is 120 Å². The minimum atomic E-state index is -3.58. The van der Waals surface area contributed by atoms with Crippen LogP contribution in [-0.2, 0) is 95.1 Å². The lowest BCUT2D eigenvalue weighted by molar-refractivity contribution is -0.489. The molecule has 0 aromatic heterocycles. The second kappa shape index (κ2) is 35.7. The van der Waals surface area contributed by atoms with Crippen LogP contribution in [0.2, 0.25) is 0 Å². The van der Waals surface area contributed by atoms with Gasteiger partial charge in [0, 0.05) is 48.5 Å². The zero-order chi connectivity index (χ0) is 74.3. The third kappa shape index (κ3) is 18.6.